The van der Waals surface area contributed by atoms with Crippen LogP contribution in [0.4, 0.5) is 19.3 Å². The second-order valence-corrected chi connectivity index (χ2v) is 6.44. The molecule has 0 unspecified atom stereocenters. The van der Waals surface area contributed by atoms with E-state index in [2.05, 4.69) is 10.3 Å². The van der Waals surface area contributed by atoms with Crippen molar-refractivity contribution in [3.05, 3.63) is 29.8 Å². The molecule has 1 aromatic rings. The van der Waals surface area contributed by atoms with Gasteiger partial charge in [-0.2, -0.15) is 0 Å². The summed E-state index contributed by atoms with van der Waals surface area (Å²) in [6.07, 6.45) is 1.11. The highest BCUT2D eigenvalue weighted by molar-refractivity contribution is 5.89. The summed E-state index contributed by atoms with van der Waals surface area (Å²) >= 11 is 0. The largest absolute Gasteiger partial charge is 0.463 e. The number of piperidine rings is 1. The third-order valence-corrected chi connectivity index (χ3v) is 4.49. The molecular weight excluding hydrogens is 330 g/mol. The number of hydrogen-bond acceptors (Lipinski definition) is 4. The van der Waals surface area contributed by atoms with Gasteiger partial charge in [0.1, 0.15) is 6.61 Å². The van der Waals surface area contributed by atoms with E-state index < -0.39 is 5.92 Å². The lowest BCUT2D eigenvalue weighted by atomic mass is 10.1. The summed E-state index contributed by atoms with van der Waals surface area (Å²) in [5.74, 6) is -2.66. The standard InChI is InChI=1S/C17H22F2N4O2/c18-17(19)7-9-23(10-8-17)16(24)22-13-4-1-12(2-5-13)3-6-14-11-25-15(20)21-14/h1-2,4-5,14H,3,6-11H2,(H2,20,21)(H,22,24)/t14-/m0/s1. The van der Waals surface area contributed by atoms with Gasteiger partial charge in [-0.05, 0) is 30.5 Å². The molecule has 1 saturated heterocycles. The zero-order valence-electron chi connectivity index (χ0n) is 13.9. The number of rotatable bonds is 4. The molecule has 136 valence electrons. The van der Waals surface area contributed by atoms with Gasteiger partial charge in [-0.1, -0.05) is 12.1 Å². The van der Waals surface area contributed by atoms with Crippen molar-refractivity contribution in [3.8, 4) is 0 Å². The second kappa shape index (κ2) is 7.25. The van der Waals surface area contributed by atoms with Crippen LogP contribution in [0.2, 0.25) is 0 Å². The van der Waals surface area contributed by atoms with E-state index in [0.29, 0.717) is 12.3 Å². The quantitative estimate of drug-likeness (QED) is 0.874. The number of anilines is 1. The fourth-order valence-electron chi connectivity index (χ4n) is 2.91. The SMILES string of the molecule is NC1=N[C@@H](CCc2ccc(NC(=O)N3CCC(F)(F)CC3)cc2)CO1. The number of halogens is 2. The van der Waals surface area contributed by atoms with Crippen molar-refractivity contribution in [2.75, 3.05) is 25.0 Å². The first-order valence-electron chi connectivity index (χ1n) is 8.40. The minimum atomic E-state index is -2.66. The average Bonchev–Trinajstić information content (AvgIpc) is 2.99. The fourth-order valence-corrected chi connectivity index (χ4v) is 2.91. The van der Waals surface area contributed by atoms with Crippen LogP contribution in [-0.2, 0) is 11.2 Å². The lowest BCUT2D eigenvalue weighted by Gasteiger charge is -2.31. The van der Waals surface area contributed by atoms with Crippen molar-refractivity contribution in [2.24, 2.45) is 10.7 Å². The summed E-state index contributed by atoms with van der Waals surface area (Å²) in [6.45, 7) is 0.670. The fraction of sp³-hybridized carbons (Fsp3) is 0.529. The molecular formula is C17H22F2N4O2. The van der Waals surface area contributed by atoms with Crippen LogP contribution in [0.3, 0.4) is 0 Å². The number of amidine groups is 1. The smallest absolute Gasteiger partial charge is 0.321 e. The van der Waals surface area contributed by atoms with Gasteiger partial charge >= 0.3 is 6.03 Å². The number of nitrogens with zero attached hydrogens (tertiary/aromatic N) is 2. The number of carbonyl (C=O) groups is 1. The van der Waals surface area contributed by atoms with E-state index in [-0.39, 0.29) is 44.0 Å². The van der Waals surface area contributed by atoms with E-state index in [1.54, 1.807) is 0 Å². The van der Waals surface area contributed by atoms with Gasteiger partial charge in [0.2, 0.25) is 0 Å². The minimum absolute atomic E-state index is 0.0734. The van der Waals surface area contributed by atoms with E-state index in [1.807, 2.05) is 24.3 Å². The Balaban J connectivity index is 1.46. The third-order valence-electron chi connectivity index (χ3n) is 4.49. The lowest BCUT2D eigenvalue weighted by Crippen LogP contribution is -2.44. The zero-order valence-corrected chi connectivity index (χ0v) is 13.9. The van der Waals surface area contributed by atoms with Gasteiger partial charge in [-0.15, -0.1) is 0 Å². The summed E-state index contributed by atoms with van der Waals surface area (Å²) < 4.78 is 31.4. The molecule has 2 aliphatic rings. The van der Waals surface area contributed by atoms with Gasteiger partial charge in [0.05, 0.1) is 6.04 Å². The van der Waals surface area contributed by atoms with Crippen LogP contribution in [0.25, 0.3) is 0 Å². The number of nitrogens with two attached hydrogens (primary N) is 1. The van der Waals surface area contributed by atoms with E-state index in [0.717, 1.165) is 18.4 Å². The predicted octanol–water partition coefficient (Wildman–Crippen LogP) is 2.60. The number of carbonyl (C=O) groups excluding carboxylic acids is 1. The summed E-state index contributed by atoms with van der Waals surface area (Å²) in [5, 5.41) is 2.75. The van der Waals surface area contributed by atoms with Gasteiger partial charge in [0.25, 0.3) is 11.9 Å². The number of ether oxygens (including phenoxy) is 1. The van der Waals surface area contributed by atoms with Crippen molar-refractivity contribution < 1.29 is 18.3 Å². The number of hydrogen-bond donors (Lipinski definition) is 2. The van der Waals surface area contributed by atoms with Gasteiger partial charge in [0, 0.05) is 31.6 Å². The van der Waals surface area contributed by atoms with Gasteiger partial charge in [-0.3, -0.25) is 0 Å². The first kappa shape index (κ1) is 17.4. The highest BCUT2D eigenvalue weighted by Crippen LogP contribution is 2.28. The maximum absolute atomic E-state index is 13.1. The van der Waals surface area contributed by atoms with Crippen molar-refractivity contribution >= 4 is 17.7 Å². The molecule has 0 spiro atoms. The molecule has 1 aromatic carbocycles. The highest BCUT2D eigenvalue weighted by Gasteiger charge is 2.35. The molecule has 0 aromatic heterocycles. The number of alkyl halides is 2. The molecule has 0 bridgehead atoms. The topological polar surface area (TPSA) is 79.9 Å². The average molecular weight is 352 g/mol. The summed E-state index contributed by atoms with van der Waals surface area (Å²) in [7, 11) is 0. The van der Waals surface area contributed by atoms with Crippen LogP contribution in [0.1, 0.15) is 24.8 Å². The molecule has 8 heteroatoms. The van der Waals surface area contributed by atoms with Crippen LogP contribution >= 0.6 is 0 Å². The van der Waals surface area contributed by atoms with E-state index in [1.165, 1.54) is 4.90 Å². The monoisotopic (exact) mass is 352 g/mol. The number of likely N-dealkylation sites (tertiary alicyclic amines) is 1. The summed E-state index contributed by atoms with van der Waals surface area (Å²) in [4.78, 5) is 17.7. The number of aryl methyl sites for hydroxylation is 1. The van der Waals surface area contributed by atoms with Crippen LogP contribution in [0.15, 0.2) is 29.3 Å². The van der Waals surface area contributed by atoms with Crippen molar-refractivity contribution in [1.29, 1.82) is 0 Å². The molecule has 2 amide bonds. The Morgan fingerprint density at radius 3 is 2.60 bits per heavy atom. The summed E-state index contributed by atoms with van der Waals surface area (Å²) in [5.41, 5.74) is 7.25. The number of aliphatic imine (C=N–C) groups is 1. The number of benzene rings is 1. The maximum atomic E-state index is 13.1. The maximum Gasteiger partial charge on any atom is 0.321 e. The molecule has 25 heavy (non-hydrogen) atoms. The Hall–Kier alpha value is -2.38. The lowest BCUT2D eigenvalue weighted by molar-refractivity contribution is -0.0461. The molecule has 1 fully saturated rings. The van der Waals surface area contributed by atoms with Crippen molar-refractivity contribution in [3.63, 3.8) is 0 Å². The third kappa shape index (κ3) is 4.80. The zero-order chi connectivity index (χ0) is 17.9. The number of urea groups is 1. The van der Waals surface area contributed by atoms with Gasteiger partial charge in [-0.25, -0.2) is 18.6 Å². The highest BCUT2D eigenvalue weighted by atomic mass is 19.3. The first-order chi connectivity index (χ1) is 11.9. The molecule has 2 heterocycles. The van der Waals surface area contributed by atoms with E-state index in [9.17, 15) is 13.6 Å². The van der Waals surface area contributed by atoms with Crippen molar-refractivity contribution in [1.82, 2.24) is 4.90 Å². The molecule has 0 aliphatic carbocycles. The normalized spacial score (nSPS) is 22.2. The Labute approximate surface area is 145 Å². The van der Waals surface area contributed by atoms with Crippen LogP contribution in [-0.4, -0.2) is 48.6 Å². The predicted molar refractivity (Wildman–Crippen MR) is 90.9 cm³/mol. The molecule has 2 aliphatic heterocycles. The minimum Gasteiger partial charge on any atom is -0.463 e. The Bertz CT molecular complexity index is 639. The van der Waals surface area contributed by atoms with E-state index in [4.69, 9.17) is 10.5 Å². The molecule has 0 radical (unpaired) electrons. The second-order valence-electron chi connectivity index (χ2n) is 6.44. The number of nitrogens with one attached hydrogen (secondary N) is 1. The Kier molecular flexibility index (Phi) is 5.06. The molecule has 6 nitrogen and oxygen atoms in total. The van der Waals surface area contributed by atoms with Crippen LogP contribution in [0.5, 0.6) is 0 Å². The van der Waals surface area contributed by atoms with Crippen LogP contribution < -0.4 is 11.1 Å². The molecule has 3 rings (SSSR count). The Morgan fingerprint density at radius 2 is 2.00 bits per heavy atom. The number of amides is 2. The molecule has 3 N–H and O–H groups in total. The molecule has 0 saturated carbocycles. The molecule has 1 atom stereocenters. The van der Waals surface area contributed by atoms with Gasteiger partial charge < -0.3 is 20.7 Å². The Morgan fingerprint density at radius 1 is 1.32 bits per heavy atom. The van der Waals surface area contributed by atoms with Crippen molar-refractivity contribution in [2.45, 2.75) is 37.6 Å². The summed E-state index contributed by atoms with van der Waals surface area (Å²) in [6, 6.07) is 7.50. The van der Waals surface area contributed by atoms with Gasteiger partial charge in [0.15, 0.2) is 0 Å². The first-order valence-corrected chi connectivity index (χ1v) is 8.40. The van der Waals surface area contributed by atoms with Crippen LogP contribution in [0, 0.1) is 0 Å². The van der Waals surface area contributed by atoms with E-state index >= 15 is 0 Å².